The molecule has 2 fully saturated rings. The van der Waals surface area contributed by atoms with Gasteiger partial charge in [-0.25, -0.2) is 0 Å². The zero-order valence-electron chi connectivity index (χ0n) is 18.4. The Balaban J connectivity index is 1.48. The predicted octanol–water partition coefficient (Wildman–Crippen LogP) is 2.72. The number of carbonyl (C=O) groups excluding carboxylic acids is 2. The Morgan fingerprint density at radius 3 is 2.23 bits per heavy atom. The number of hydrogen-bond donors (Lipinski definition) is 0. The lowest BCUT2D eigenvalue weighted by Gasteiger charge is -2.37. The van der Waals surface area contributed by atoms with Gasteiger partial charge in [0.05, 0.1) is 26.7 Å². The molecule has 0 aliphatic carbocycles. The number of piperidine rings is 2. The maximum Gasteiger partial charge on any atom is 0.309 e. The van der Waals surface area contributed by atoms with Crippen LogP contribution in [0.5, 0.6) is 11.5 Å². The van der Waals surface area contributed by atoms with Crippen molar-refractivity contribution < 1.29 is 23.8 Å². The minimum absolute atomic E-state index is 0.0614. The Bertz CT molecular complexity index is 722. The van der Waals surface area contributed by atoms with Gasteiger partial charge < -0.3 is 19.1 Å². The highest BCUT2D eigenvalue weighted by Crippen LogP contribution is 2.28. The van der Waals surface area contributed by atoms with E-state index < -0.39 is 0 Å². The highest BCUT2D eigenvalue weighted by molar-refractivity contribution is 5.79. The maximum absolute atomic E-state index is 13.0. The second-order valence-electron chi connectivity index (χ2n) is 8.08. The summed E-state index contributed by atoms with van der Waals surface area (Å²) >= 11 is 0. The van der Waals surface area contributed by atoms with Crippen molar-refractivity contribution in [2.75, 3.05) is 47.0 Å². The summed E-state index contributed by atoms with van der Waals surface area (Å²) in [7, 11) is 3.35. The van der Waals surface area contributed by atoms with Crippen molar-refractivity contribution in [2.45, 2.75) is 39.2 Å². The molecule has 2 saturated heterocycles. The molecule has 0 aromatic heterocycles. The van der Waals surface area contributed by atoms with Crippen molar-refractivity contribution in [3.63, 3.8) is 0 Å². The van der Waals surface area contributed by atoms with Crippen molar-refractivity contribution in [3.05, 3.63) is 23.8 Å². The van der Waals surface area contributed by atoms with Crippen molar-refractivity contribution in [1.29, 1.82) is 0 Å². The van der Waals surface area contributed by atoms with Crippen molar-refractivity contribution >= 4 is 11.9 Å². The quantitative estimate of drug-likeness (QED) is 0.635. The van der Waals surface area contributed by atoms with Crippen LogP contribution in [0.25, 0.3) is 0 Å². The van der Waals surface area contributed by atoms with Crippen LogP contribution in [0.1, 0.15) is 38.2 Å². The van der Waals surface area contributed by atoms with E-state index in [0.717, 1.165) is 49.5 Å². The largest absolute Gasteiger partial charge is 0.497 e. The molecule has 0 spiro atoms. The highest BCUT2D eigenvalue weighted by Gasteiger charge is 2.33. The average Bonchev–Trinajstić information content (AvgIpc) is 2.79. The fraction of sp³-hybridized carbons (Fsp3) is 0.652. The molecule has 0 saturated carbocycles. The van der Waals surface area contributed by atoms with Crippen molar-refractivity contribution in [2.24, 2.45) is 11.8 Å². The number of esters is 1. The van der Waals surface area contributed by atoms with Crippen LogP contribution in [-0.4, -0.2) is 68.7 Å². The summed E-state index contributed by atoms with van der Waals surface area (Å²) in [6.45, 7) is 6.11. The summed E-state index contributed by atoms with van der Waals surface area (Å²) in [6.07, 6.45) is 3.14. The molecule has 0 atom stereocenters. The number of ether oxygens (including phenoxy) is 3. The third-order valence-electron chi connectivity index (χ3n) is 6.24. The van der Waals surface area contributed by atoms with E-state index in [2.05, 4.69) is 4.90 Å². The molecule has 3 rings (SSSR count). The second-order valence-corrected chi connectivity index (χ2v) is 8.08. The Hall–Kier alpha value is -2.28. The zero-order valence-corrected chi connectivity index (χ0v) is 18.4. The van der Waals surface area contributed by atoms with Gasteiger partial charge in [-0.1, -0.05) is 0 Å². The first-order chi connectivity index (χ1) is 14.5. The van der Waals surface area contributed by atoms with E-state index in [1.54, 1.807) is 14.2 Å². The molecular formula is C23H34N2O5. The van der Waals surface area contributed by atoms with Crippen molar-refractivity contribution in [1.82, 2.24) is 9.80 Å². The van der Waals surface area contributed by atoms with Gasteiger partial charge in [-0.05, 0) is 63.9 Å². The summed E-state index contributed by atoms with van der Waals surface area (Å²) in [5.74, 6) is 1.82. The van der Waals surface area contributed by atoms with Gasteiger partial charge in [0.15, 0.2) is 0 Å². The summed E-state index contributed by atoms with van der Waals surface area (Å²) in [4.78, 5) is 29.2. The van der Waals surface area contributed by atoms with Crippen LogP contribution < -0.4 is 9.47 Å². The SMILES string of the molecule is CCOC(=O)C1CCN(C(=O)C2CCN(Cc3cc(OC)ccc3OC)CC2)CC1. The number of nitrogens with zero attached hydrogens (tertiary/aromatic N) is 2. The third kappa shape index (κ3) is 5.45. The first-order valence-corrected chi connectivity index (χ1v) is 10.9. The first kappa shape index (κ1) is 22.4. The lowest BCUT2D eigenvalue weighted by molar-refractivity contribution is -0.152. The van der Waals surface area contributed by atoms with E-state index in [1.807, 2.05) is 30.0 Å². The molecule has 0 bridgehead atoms. The molecule has 30 heavy (non-hydrogen) atoms. The first-order valence-electron chi connectivity index (χ1n) is 10.9. The predicted molar refractivity (Wildman–Crippen MR) is 113 cm³/mol. The van der Waals surface area contributed by atoms with Gasteiger partial charge in [0.25, 0.3) is 0 Å². The monoisotopic (exact) mass is 418 g/mol. The number of carbonyl (C=O) groups is 2. The fourth-order valence-corrected chi connectivity index (χ4v) is 4.44. The highest BCUT2D eigenvalue weighted by atomic mass is 16.5. The summed E-state index contributed by atoms with van der Waals surface area (Å²) < 4.78 is 16.0. The summed E-state index contributed by atoms with van der Waals surface area (Å²) in [5, 5.41) is 0. The molecule has 0 N–H and O–H groups in total. The Morgan fingerprint density at radius 2 is 1.63 bits per heavy atom. The number of rotatable bonds is 7. The molecule has 1 aromatic rings. The third-order valence-corrected chi connectivity index (χ3v) is 6.24. The van der Waals surface area contributed by atoms with Gasteiger partial charge in [0, 0.05) is 31.1 Å². The van der Waals surface area contributed by atoms with Gasteiger partial charge in [-0.3, -0.25) is 14.5 Å². The summed E-state index contributed by atoms with van der Waals surface area (Å²) in [5.41, 5.74) is 1.10. The van der Waals surface area contributed by atoms with E-state index in [4.69, 9.17) is 14.2 Å². The number of methoxy groups -OCH3 is 2. The Labute approximate surface area is 179 Å². The van der Waals surface area contributed by atoms with Gasteiger partial charge >= 0.3 is 5.97 Å². The molecule has 7 heteroatoms. The molecule has 2 aliphatic heterocycles. The molecule has 2 aliphatic rings. The molecule has 7 nitrogen and oxygen atoms in total. The van der Waals surface area contributed by atoms with Gasteiger partial charge in [-0.15, -0.1) is 0 Å². The van der Waals surface area contributed by atoms with E-state index >= 15 is 0 Å². The van der Waals surface area contributed by atoms with E-state index in [0.29, 0.717) is 32.5 Å². The van der Waals surface area contributed by atoms with Crippen LogP contribution in [0.4, 0.5) is 0 Å². The molecule has 0 radical (unpaired) electrons. The van der Waals surface area contributed by atoms with Gasteiger partial charge in [0.1, 0.15) is 11.5 Å². The molecular weight excluding hydrogens is 384 g/mol. The van der Waals surface area contributed by atoms with Crippen LogP contribution in [0.3, 0.4) is 0 Å². The molecule has 1 amide bonds. The fourth-order valence-electron chi connectivity index (χ4n) is 4.44. The van der Waals surface area contributed by atoms with E-state index in [1.165, 1.54) is 0 Å². The lowest BCUT2D eigenvalue weighted by Crippen LogP contribution is -2.46. The van der Waals surface area contributed by atoms with E-state index in [-0.39, 0.29) is 23.7 Å². The van der Waals surface area contributed by atoms with E-state index in [9.17, 15) is 9.59 Å². The Kier molecular flexibility index (Phi) is 7.96. The normalized spacial score (nSPS) is 18.8. The molecule has 166 valence electrons. The zero-order chi connectivity index (χ0) is 21.5. The topological polar surface area (TPSA) is 68.3 Å². The van der Waals surface area contributed by atoms with Gasteiger partial charge in [0.2, 0.25) is 5.91 Å². The summed E-state index contributed by atoms with van der Waals surface area (Å²) in [6, 6.07) is 5.85. The number of amides is 1. The molecule has 0 unspecified atom stereocenters. The molecule has 1 aromatic carbocycles. The standard InChI is InChI=1S/C23H34N2O5/c1-4-30-23(27)18-9-13-25(14-10-18)22(26)17-7-11-24(12-8-17)16-19-15-20(28-2)5-6-21(19)29-3/h5-6,15,17-18H,4,7-14,16H2,1-3H3. The van der Waals surface area contributed by atoms with Crippen LogP contribution in [0.2, 0.25) is 0 Å². The number of hydrogen-bond acceptors (Lipinski definition) is 6. The maximum atomic E-state index is 13.0. The smallest absolute Gasteiger partial charge is 0.309 e. The van der Waals surface area contributed by atoms with Crippen LogP contribution in [-0.2, 0) is 20.9 Å². The lowest BCUT2D eigenvalue weighted by atomic mass is 9.92. The minimum Gasteiger partial charge on any atom is -0.497 e. The molecule has 2 heterocycles. The minimum atomic E-state index is -0.120. The van der Waals surface area contributed by atoms with Gasteiger partial charge in [-0.2, -0.15) is 0 Å². The van der Waals surface area contributed by atoms with Crippen molar-refractivity contribution in [3.8, 4) is 11.5 Å². The average molecular weight is 419 g/mol. The van der Waals surface area contributed by atoms with Crippen LogP contribution in [0, 0.1) is 11.8 Å². The number of benzene rings is 1. The second kappa shape index (κ2) is 10.7. The Morgan fingerprint density at radius 1 is 0.967 bits per heavy atom. The van der Waals surface area contributed by atoms with Crippen LogP contribution >= 0.6 is 0 Å². The van der Waals surface area contributed by atoms with Crippen LogP contribution in [0.15, 0.2) is 18.2 Å². The number of likely N-dealkylation sites (tertiary alicyclic amines) is 2.